The normalized spacial score (nSPS) is 11.6. The summed E-state index contributed by atoms with van der Waals surface area (Å²) in [5, 5.41) is 13.5. The van der Waals surface area contributed by atoms with Crippen LogP contribution in [0.4, 0.5) is 0 Å². The molecule has 120 valence electrons. The number of nitrogens with zero attached hydrogens (tertiary/aromatic N) is 2. The molecule has 0 aliphatic rings. The van der Waals surface area contributed by atoms with E-state index < -0.39 is 0 Å². The summed E-state index contributed by atoms with van der Waals surface area (Å²) < 4.78 is 0. The number of nitrogens with one attached hydrogen (secondary N) is 3. The predicted octanol–water partition coefficient (Wildman–Crippen LogP) is 3.22. The second-order valence-corrected chi connectivity index (χ2v) is 5.33. The van der Waals surface area contributed by atoms with Gasteiger partial charge in [-0.2, -0.15) is 5.10 Å². The molecule has 0 spiro atoms. The summed E-state index contributed by atoms with van der Waals surface area (Å²) in [6.45, 7) is 6.84. The third-order valence-electron chi connectivity index (χ3n) is 3.38. The molecular formula is C16H31N5. The van der Waals surface area contributed by atoms with Crippen LogP contribution in [0.3, 0.4) is 0 Å². The fourth-order valence-electron chi connectivity index (χ4n) is 2.17. The van der Waals surface area contributed by atoms with Gasteiger partial charge in [-0.1, -0.05) is 45.4 Å². The van der Waals surface area contributed by atoms with Gasteiger partial charge < -0.3 is 10.6 Å². The molecule has 0 aliphatic carbocycles. The average molecular weight is 293 g/mol. The monoisotopic (exact) mass is 293 g/mol. The van der Waals surface area contributed by atoms with Crippen LogP contribution in [0, 0.1) is 0 Å². The third kappa shape index (κ3) is 9.10. The zero-order valence-electron chi connectivity index (χ0n) is 13.6. The van der Waals surface area contributed by atoms with E-state index in [-0.39, 0.29) is 0 Å². The highest BCUT2D eigenvalue weighted by atomic mass is 15.2. The minimum atomic E-state index is 0.631. The molecule has 1 rings (SSSR count). The fourth-order valence-corrected chi connectivity index (χ4v) is 2.17. The SMILES string of the molecule is CCCCCCCCCNC(=NCc1ccn[nH]1)NCC. The molecule has 5 nitrogen and oxygen atoms in total. The molecule has 0 aliphatic heterocycles. The lowest BCUT2D eigenvalue weighted by Gasteiger charge is -2.10. The van der Waals surface area contributed by atoms with Crippen LogP contribution in [0.15, 0.2) is 17.3 Å². The van der Waals surface area contributed by atoms with Gasteiger partial charge in [0.05, 0.1) is 12.2 Å². The highest BCUT2D eigenvalue weighted by Gasteiger charge is 1.98. The van der Waals surface area contributed by atoms with Gasteiger partial charge in [0.1, 0.15) is 0 Å². The molecule has 0 aromatic carbocycles. The van der Waals surface area contributed by atoms with Crippen LogP contribution in [-0.2, 0) is 6.54 Å². The van der Waals surface area contributed by atoms with Crippen molar-refractivity contribution in [2.75, 3.05) is 13.1 Å². The molecule has 5 heteroatoms. The Bertz CT molecular complexity index is 359. The predicted molar refractivity (Wildman–Crippen MR) is 89.4 cm³/mol. The summed E-state index contributed by atoms with van der Waals surface area (Å²) in [7, 11) is 0. The maximum Gasteiger partial charge on any atom is 0.191 e. The molecule has 1 heterocycles. The standard InChI is InChI=1S/C16H31N5/c1-3-5-6-7-8-9-10-12-18-16(17-4-2)19-14-15-11-13-20-21-15/h11,13H,3-10,12,14H2,1-2H3,(H,20,21)(H2,17,18,19). The Labute approximate surface area is 129 Å². The quantitative estimate of drug-likeness (QED) is 0.333. The summed E-state index contributed by atoms with van der Waals surface area (Å²) in [4.78, 5) is 4.54. The first kappa shape index (κ1) is 17.5. The molecule has 0 amide bonds. The maximum absolute atomic E-state index is 4.54. The van der Waals surface area contributed by atoms with Crippen molar-refractivity contribution in [3.8, 4) is 0 Å². The van der Waals surface area contributed by atoms with E-state index in [0.29, 0.717) is 6.54 Å². The zero-order chi connectivity index (χ0) is 15.2. The van der Waals surface area contributed by atoms with E-state index in [1.807, 2.05) is 6.07 Å². The topological polar surface area (TPSA) is 65.1 Å². The lowest BCUT2D eigenvalue weighted by atomic mass is 10.1. The molecule has 0 saturated carbocycles. The second-order valence-electron chi connectivity index (χ2n) is 5.33. The van der Waals surface area contributed by atoms with E-state index in [4.69, 9.17) is 0 Å². The Balaban J connectivity index is 2.11. The summed E-state index contributed by atoms with van der Waals surface area (Å²) >= 11 is 0. The van der Waals surface area contributed by atoms with Gasteiger partial charge in [-0.3, -0.25) is 5.10 Å². The molecule has 1 aromatic rings. The number of aliphatic imine (C=N–C) groups is 1. The first-order valence-electron chi connectivity index (χ1n) is 8.37. The Morgan fingerprint density at radius 2 is 1.86 bits per heavy atom. The van der Waals surface area contributed by atoms with E-state index in [2.05, 4.69) is 39.7 Å². The largest absolute Gasteiger partial charge is 0.357 e. The van der Waals surface area contributed by atoms with Crippen LogP contribution in [0.25, 0.3) is 0 Å². The second kappa shape index (κ2) is 12.2. The zero-order valence-corrected chi connectivity index (χ0v) is 13.6. The van der Waals surface area contributed by atoms with Gasteiger partial charge in [-0.15, -0.1) is 0 Å². The van der Waals surface area contributed by atoms with Crippen molar-refractivity contribution < 1.29 is 0 Å². The number of H-pyrrole nitrogens is 1. The highest BCUT2D eigenvalue weighted by molar-refractivity contribution is 5.79. The molecule has 1 aromatic heterocycles. The molecule has 0 fully saturated rings. The molecule has 0 atom stereocenters. The Kier molecular flexibility index (Phi) is 10.2. The summed E-state index contributed by atoms with van der Waals surface area (Å²) in [5.41, 5.74) is 1.03. The van der Waals surface area contributed by atoms with Crippen LogP contribution < -0.4 is 10.6 Å². The van der Waals surface area contributed by atoms with Crippen LogP contribution in [-0.4, -0.2) is 29.2 Å². The van der Waals surface area contributed by atoms with Crippen molar-refractivity contribution in [1.29, 1.82) is 0 Å². The van der Waals surface area contributed by atoms with Crippen molar-refractivity contribution in [3.05, 3.63) is 18.0 Å². The lowest BCUT2D eigenvalue weighted by Crippen LogP contribution is -2.37. The van der Waals surface area contributed by atoms with E-state index in [1.54, 1.807) is 6.20 Å². The van der Waals surface area contributed by atoms with Gasteiger partial charge in [0.25, 0.3) is 0 Å². The number of hydrogen-bond acceptors (Lipinski definition) is 2. The first-order valence-corrected chi connectivity index (χ1v) is 8.37. The van der Waals surface area contributed by atoms with E-state index in [0.717, 1.165) is 24.7 Å². The number of guanidine groups is 1. The number of unbranched alkanes of at least 4 members (excludes halogenated alkanes) is 6. The van der Waals surface area contributed by atoms with E-state index in [9.17, 15) is 0 Å². The van der Waals surface area contributed by atoms with Gasteiger partial charge in [-0.05, 0) is 19.4 Å². The van der Waals surface area contributed by atoms with Crippen molar-refractivity contribution in [3.63, 3.8) is 0 Å². The van der Waals surface area contributed by atoms with Gasteiger partial charge in [0.2, 0.25) is 0 Å². The van der Waals surface area contributed by atoms with Gasteiger partial charge >= 0.3 is 0 Å². The number of aromatic nitrogens is 2. The number of rotatable bonds is 11. The van der Waals surface area contributed by atoms with Crippen molar-refractivity contribution in [1.82, 2.24) is 20.8 Å². The summed E-state index contributed by atoms with van der Waals surface area (Å²) in [6, 6.07) is 1.95. The third-order valence-corrected chi connectivity index (χ3v) is 3.38. The Morgan fingerprint density at radius 3 is 2.52 bits per heavy atom. The van der Waals surface area contributed by atoms with Gasteiger partial charge in [-0.25, -0.2) is 4.99 Å². The number of aromatic amines is 1. The molecule has 3 N–H and O–H groups in total. The number of hydrogen-bond donors (Lipinski definition) is 3. The molecule has 21 heavy (non-hydrogen) atoms. The Morgan fingerprint density at radius 1 is 1.10 bits per heavy atom. The van der Waals surface area contributed by atoms with Gasteiger partial charge in [0.15, 0.2) is 5.96 Å². The summed E-state index contributed by atoms with van der Waals surface area (Å²) in [5.74, 6) is 0.887. The van der Waals surface area contributed by atoms with Crippen LogP contribution in [0.2, 0.25) is 0 Å². The van der Waals surface area contributed by atoms with Crippen molar-refractivity contribution in [2.24, 2.45) is 4.99 Å². The Hall–Kier alpha value is -1.52. The lowest BCUT2D eigenvalue weighted by molar-refractivity contribution is 0.583. The maximum atomic E-state index is 4.54. The molecule has 0 saturated heterocycles. The van der Waals surface area contributed by atoms with E-state index in [1.165, 1.54) is 44.9 Å². The highest BCUT2D eigenvalue weighted by Crippen LogP contribution is 2.06. The molecular weight excluding hydrogens is 262 g/mol. The average Bonchev–Trinajstić information content (AvgIpc) is 3.00. The minimum absolute atomic E-state index is 0.631. The summed E-state index contributed by atoms with van der Waals surface area (Å²) in [6.07, 6.45) is 11.1. The van der Waals surface area contributed by atoms with E-state index >= 15 is 0 Å². The molecule has 0 unspecified atom stereocenters. The fraction of sp³-hybridized carbons (Fsp3) is 0.750. The van der Waals surface area contributed by atoms with Crippen LogP contribution in [0.5, 0.6) is 0 Å². The smallest absolute Gasteiger partial charge is 0.191 e. The van der Waals surface area contributed by atoms with Crippen LogP contribution >= 0.6 is 0 Å². The van der Waals surface area contributed by atoms with Crippen LogP contribution in [0.1, 0.15) is 64.5 Å². The van der Waals surface area contributed by atoms with Crippen molar-refractivity contribution in [2.45, 2.75) is 65.3 Å². The van der Waals surface area contributed by atoms with Crippen molar-refractivity contribution >= 4 is 5.96 Å². The molecule has 0 radical (unpaired) electrons. The minimum Gasteiger partial charge on any atom is -0.357 e. The van der Waals surface area contributed by atoms with Gasteiger partial charge in [0, 0.05) is 19.3 Å². The molecule has 0 bridgehead atoms. The first-order chi connectivity index (χ1) is 10.4.